The lowest BCUT2D eigenvalue weighted by molar-refractivity contribution is -0.135. The van der Waals surface area contributed by atoms with E-state index in [1.165, 1.54) is 29.6 Å². The number of amides is 1. The molecule has 0 saturated carbocycles. The lowest BCUT2D eigenvalue weighted by Crippen LogP contribution is -2.44. The Balaban J connectivity index is 2.03. The first-order valence-electron chi connectivity index (χ1n) is 8.72. The van der Waals surface area contributed by atoms with Gasteiger partial charge in [-0.15, -0.1) is 0 Å². The Morgan fingerprint density at radius 2 is 2.00 bits per heavy atom. The van der Waals surface area contributed by atoms with E-state index in [1.807, 2.05) is 0 Å². The van der Waals surface area contributed by atoms with Gasteiger partial charge in [-0.25, -0.2) is 18.2 Å². The second-order valence-electron chi connectivity index (χ2n) is 6.89. The van der Waals surface area contributed by atoms with Gasteiger partial charge in [0.15, 0.2) is 21.0 Å². The van der Waals surface area contributed by atoms with Gasteiger partial charge >= 0.3 is 5.69 Å². The first kappa shape index (κ1) is 19.3. The number of sulfone groups is 1. The largest absolute Gasteiger partial charge is 0.337 e. The van der Waals surface area contributed by atoms with E-state index >= 15 is 0 Å². The van der Waals surface area contributed by atoms with Crippen molar-refractivity contribution in [1.82, 2.24) is 23.6 Å². The van der Waals surface area contributed by atoms with Crippen LogP contribution in [-0.4, -0.2) is 62.0 Å². The van der Waals surface area contributed by atoms with E-state index in [4.69, 9.17) is 0 Å². The second-order valence-corrected chi connectivity index (χ2v) is 9.12. The SMILES string of the molecule is CCN(C(=O)[C@@H](C)n1cnc2c1c(=O)n(C)c(=O)n2C)[C@@H]1CCS(=O)(=O)C1. The molecule has 2 aromatic rings. The molecule has 0 radical (unpaired) electrons. The van der Waals surface area contributed by atoms with Gasteiger partial charge in [0.05, 0.1) is 17.8 Å². The lowest BCUT2D eigenvalue weighted by atomic mass is 10.2. The number of carbonyl (C=O) groups excluding carboxylic acids is 1. The predicted octanol–water partition coefficient (Wildman–Crippen LogP) is -0.970. The maximum absolute atomic E-state index is 13.1. The minimum Gasteiger partial charge on any atom is -0.337 e. The predicted molar refractivity (Wildman–Crippen MR) is 99.4 cm³/mol. The van der Waals surface area contributed by atoms with E-state index in [9.17, 15) is 22.8 Å². The summed E-state index contributed by atoms with van der Waals surface area (Å²) >= 11 is 0. The fourth-order valence-electron chi connectivity index (χ4n) is 3.63. The van der Waals surface area contributed by atoms with Crippen LogP contribution in [0.1, 0.15) is 26.3 Å². The summed E-state index contributed by atoms with van der Waals surface area (Å²) in [5.74, 6) is -0.248. The molecular formula is C16H23N5O5S. The Morgan fingerprint density at radius 1 is 1.33 bits per heavy atom. The molecule has 0 spiro atoms. The van der Waals surface area contributed by atoms with Crippen molar-refractivity contribution in [3.8, 4) is 0 Å². The summed E-state index contributed by atoms with van der Waals surface area (Å²) in [5, 5.41) is 0. The third-order valence-corrected chi connectivity index (χ3v) is 6.97. The van der Waals surface area contributed by atoms with Crippen LogP contribution in [0.5, 0.6) is 0 Å². The van der Waals surface area contributed by atoms with E-state index in [2.05, 4.69) is 4.98 Å². The van der Waals surface area contributed by atoms with E-state index in [0.717, 1.165) is 4.57 Å². The maximum atomic E-state index is 13.1. The topological polar surface area (TPSA) is 116 Å². The highest BCUT2D eigenvalue weighted by molar-refractivity contribution is 7.91. The van der Waals surface area contributed by atoms with Crippen LogP contribution in [0, 0.1) is 0 Å². The summed E-state index contributed by atoms with van der Waals surface area (Å²) < 4.78 is 27.2. The fourth-order valence-corrected chi connectivity index (χ4v) is 5.36. The normalized spacial score (nSPS) is 20.1. The van der Waals surface area contributed by atoms with E-state index in [-0.39, 0.29) is 34.6 Å². The Hall–Kier alpha value is -2.43. The molecule has 10 nitrogen and oxygen atoms in total. The van der Waals surface area contributed by atoms with Gasteiger partial charge in [-0.2, -0.15) is 0 Å². The summed E-state index contributed by atoms with van der Waals surface area (Å²) in [4.78, 5) is 43.4. The zero-order valence-corrected chi connectivity index (χ0v) is 16.6. The highest BCUT2D eigenvalue weighted by atomic mass is 32.2. The fraction of sp³-hybridized carbons (Fsp3) is 0.625. The molecule has 11 heteroatoms. The molecule has 0 bridgehead atoms. The number of hydrogen-bond acceptors (Lipinski definition) is 6. The number of nitrogens with zero attached hydrogens (tertiary/aromatic N) is 5. The number of aryl methyl sites for hydroxylation is 1. The molecule has 2 aromatic heterocycles. The van der Waals surface area contributed by atoms with Crippen LogP contribution in [0.2, 0.25) is 0 Å². The number of carbonyl (C=O) groups is 1. The van der Waals surface area contributed by atoms with Crippen molar-refractivity contribution in [2.24, 2.45) is 14.1 Å². The van der Waals surface area contributed by atoms with E-state index in [1.54, 1.807) is 18.7 Å². The molecule has 148 valence electrons. The number of hydrogen-bond donors (Lipinski definition) is 0. The molecule has 1 aliphatic heterocycles. The molecule has 1 aliphatic rings. The number of rotatable bonds is 4. The molecule has 0 unspecified atom stereocenters. The van der Waals surface area contributed by atoms with E-state index in [0.29, 0.717) is 13.0 Å². The van der Waals surface area contributed by atoms with Gasteiger partial charge in [-0.1, -0.05) is 0 Å². The molecule has 0 aromatic carbocycles. The average Bonchev–Trinajstić information content (AvgIpc) is 3.21. The van der Waals surface area contributed by atoms with Crippen LogP contribution < -0.4 is 11.2 Å². The Kier molecular flexibility index (Phi) is 4.74. The van der Waals surface area contributed by atoms with Crippen LogP contribution in [0.4, 0.5) is 0 Å². The van der Waals surface area contributed by atoms with Gasteiger partial charge in [0.25, 0.3) is 5.56 Å². The highest BCUT2D eigenvalue weighted by Gasteiger charge is 2.36. The third kappa shape index (κ3) is 3.09. The van der Waals surface area contributed by atoms with Crippen molar-refractivity contribution < 1.29 is 13.2 Å². The Bertz CT molecular complexity index is 1130. The summed E-state index contributed by atoms with van der Waals surface area (Å²) in [6, 6.07) is -1.12. The van der Waals surface area contributed by atoms with Gasteiger partial charge in [-0.3, -0.25) is 18.7 Å². The van der Waals surface area contributed by atoms with Crippen molar-refractivity contribution in [1.29, 1.82) is 0 Å². The maximum Gasteiger partial charge on any atom is 0.332 e. The second kappa shape index (κ2) is 6.63. The van der Waals surface area contributed by atoms with Crippen molar-refractivity contribution in [2.75, 3.05) is 18.1 Å². The van der Waals surface area contributed by atoms with Crippen molar-refractivity contribution in [3.05, 3.63) is 27.2 Å². The van der Waals surface area contributed by atoms with Gasteiger partial charge < -0.3 is 9.47 Å². The molecular weight excluding hydrogens is 374 g/mol. The van der Waals surface area contributed by atoms with Gasteiger partial charge in [0, 0.05) is 26.7 Å². The molecule has 3 heterocycles. The Labute approximate surface area is 155 Å². The summed E-state index contributed by atoms with van der Waals surface area (Å²) in [6.45, 7) is 3.80. The zero-order chi connectivity index (χ0) is 20.1. The molecule has 1 fully saturated rings. The first-order chi connectivity index (χ1) is 12.6. The minimum absolute atomic E-state index is 0.0414. The molecule has 1 saturated heterocycles. The van der Waals surface area contributed by atoms with Crippen LogP contribution in [-0.2, 0) is 28.7 Å². The van der Waals surface area contributed by atoms with Crippen LogP contribution in [0.15, 0.2) is 15.9 Å². The zero-order valence-electron chi connectivity index (χ0n) is 15.7. The van der Waals surface area contributed by atoms with Crippen LogP contribution in [0.25, 0.3) is 11.2 Å². The number of imidazole rings is 1. The molecule has 1 amide bonds. The summed E-state index contributed by atoms with van der Waals surface area (Å²) in [5.41, 5.74) is -0.662. The molecule has 0 aliphatic carbocycles. The van der Waals surface area contributed by atoms with Crippen molar-refractivity contribution in [3.63, 3.8) is 0 Å². The summed E-state index contributed by atoms with van der Waals surface area (Å²) in [7, 11) is -0.245. The molecule has 0 N–H and O–H groups in total. The summed E-state index contributed by atoms with van der Waals surface area (Å²) in [6.07, 6.45) is 1.78. The van der Waals surface area contributed by atoms with Crippen molar-refractivity contribution >= 4 is 26.9 Å². The number of likely N-dealkylation sites (N-methyl/N-ethyl adjacent to an activating group) is 1. The highest BCUT2D eigenvalue weighted by Crippen LogP contribution is 2.22. The van der Waals surface area contributed by atoms with Gasteiger partial charge in [0.2, 0.25) is 5.91 Å². The quantitative estimate of drug-likeness (QED) is 0.655. The lowest BCUT2D eigenvalue weighted by Gasteiger charge is -2.30. The first-order valence-corrected chi connectivity index (χ1v) is 10.5. The average molecular weight is 397 g/mol. The molecule has 3 rings (SSSR count). The third-order valence-electron chi connectivity index (χ3n) is 5.22. The van der Waals surface area contributed by atoms with Gasteiger partial charge in [0.1, 0.15) is 6.04 Å². The van der Waals surface area contributed by atoms with Crippen LogP contribution >= 0.6 is 0 Å². The van der Waals surface area contributed by atoms with E-state index < -0.39 is 27.1 Å². The smallest absolute Gasteiger partial charge is 0.332 e. The van der Waals surface area contributed by atoms with Crippen LogP contribution in [0.3, 0.4) is 0 Å². The monoisotopic (exact) mass is 397 g/mol. The molecule has 27 heavy (non-hydrogen) atoms. The standard InChI is InChI=1S/C16H23N5O5S/c1-5-20(11-6-7-27(25,26)8-11)14(22)10(2)21-9-17-13-12(21)15(23)19(4)16(24)18(13)3/h9-11H,5-8H2,1-4H3/t10-,11-/m1/s1. The number of fused-ring (bicyclic) bond motifs is 1. The Morgan fingerprint density at radius 3 is 2.56 bits per heavy atom. The molecule has 2 atom stereocenters. The van der Waals surface area contributed by atoms with Gasteiger partial charge in [-0.05, 0) is 20.3 Å². The number of aromatic nitrogens is 4. The van der Waals surface area contributed by atoms with Crippen molar-refractivity contribution in [2.45, 2.75) is 32.4 Å². The minimum atomic E-state index is -3.13.